The Hall–Kier alpha value is -4.09. The summed E-state index contributed by atoms with van der Waals surface area (Å²) in [5, 5.41) is 15.6. The first-order chi connectivity index (χ1) is 16.5. The number of nitrogens with one attached hydrogen (secondary N) is 2. The largest absolute Gasteiger partial charge is 0.338 e. The number of carbonyl (C=O) groups is 1. The summed E-state index contributed by atoms with van der Waals surface area (Å²) in [6, 6.07) is 18.0. The molecule has 1 aromatic heterocycles. The van der Waals surface area contributed by atoms with Crippen LogP contribution < -0.4 is 10.6 Å². The van der Waals surface area contributed by atoms with Crippen LogP contribution in [0.3, 0.4) is 0 Å². The number of anilines is 1. The van der Waals surface area contributed by atoms with E-state index in [0.717, 1.165) is 16.8 Å². The van der Waals surface area contributed by atoms with E-state index in [1.54, 1.807) is 41.6 Å². The second-order valence-corrected chi connectivity index (χ2v) is 8.27. The van der Waals surface area contributed by atoms with Gasteiger partial charge in [0.05, 0.1) is 11.7 Å². The number of nitrogens with zero attached hydrogens (tertiary/aromatic N) is 5. The number of aryl methyl sites for hydroxylation is 1. The summed E-state index contributed by atoms with van der Waals surface area (Å²) in [6.45, 7) is 3.38. The molecule has 4 rings (SSSR count). The SMILES string of the molecule is Cc1ccccc1N=C(NC#N)N1CCN(C(=O)Nc2ccc(Cl)cc2)C(c2ccncc2)C1. The Morgan fingerprint density at radius 2 is 1.85 bits per heavy atom. The minimum Gasteiger partial charge on any atom is -0.338 e. The molecule has 2 amide bonds. The number of carbonyl (C=O) groups excluding carboxylic acids is 1. The van der Waals surface area contributed by atoms with Gasteiger partial charge < -0.3 is 15.1 Å². The average molecular weight is 474 g/mol. The summed E-state index contributed by atoms with van der Waals surface area (Å²) in [5.74, 6) is 0.452. The average Bonchev–Trinajstić information content (AvgIpc) is 2.86. The summed E-state index contributed by atoms with van der Waals surface area (Å²) in [5.41, 5.74) is 3.39. The molecular weight excluding hydrogens is 450 g/mol. The second kappa shape index (κ2) is 10.7. The van der Waals surface area contributed by atoms with E-state index in [1.807, 2.05) is 54.4 Å². The molecule has 0 spiro atoms. The van der Waals surface area contributed by atoms with E-state index >= 15 is 0 Å². The summed E-state index contributed by atoms with van der Waals surface area (Å²) in [4.78, 5) is 25.8. The van der Waals surface area contributed by atoms with Gasteiger partial charge in [0.15, 0.2) is 6.19 Å². The van der Waals surface area contributed by atoms with Crippen molar-refractivity contribution in [2.24, 2.45) is 4.99 Å². The summed E-state index contributed by atoms with van der Waals surface area (Å²) in [6.07, 6.45) is 5.41. The van der Waals surface area contributed by atoms with E-state index in [2.05, 4.69) is 15.6 Å². The van der Waals surface area contributed by atoms with Gasteiger partial charge in [-0.05, 0) is 60.5 Å². The molecular formula is C25H24ClN7O. The first kappa shape index (κ1) is 23.1. The zero-order valence-electron chi connectivity index (χ0n) is 18.6. The monoisotopic (exact) mass is 473 g/mol. The van der Waals surface area contributed by atoms with Gasteiger partial charge in [-0.25, -0.2) is 9.79 Å². The third-order valence-electron chi connectivity index (χ3n) is 5.64. The molecule has 172 valence electrons. The van der Waals surface area contributed by atoms with Crippen LogP contribution in [-0.2, 0) is 0 Å². The number of amides is 2. The van der Waals surface area contributed by atoms with Gasteiger partial charge in [-0.1, -0.05) is 29.8 Å². The molecule has 1 aliphatic rings. The maximum Gasteiger partial charge on any atom is 0.322 e. The van der Waals surface area contributed by atoms with Crippen LogP contribution in [0.1, 0.15) is 17.2 Å². The van der Waals surface area contributed by atoms with Crippen molar-refractivity contribution in [3.8, 4) is 6.19 Å². The maximum atomic E-state index is 13.2. The van der Waals surface area contributed by atoms with Crippen LogP contribution in [0.4, 0.5) is 16.2 Å². The predicted molar refractivity (Wildman–Crippen MR) is 133 cm³/mol. The fourth-order valence-corrected chi connectivity index (χ4v) is 3.97. The summed E-state index contributed by atoms with van der Waals surface area (Å²) < 4.78 is 0. The second-order valence-electron chi connectivity index (χ2n) is 7.83. The zero-order valence-corrected chi connectivity index (χ0v) is 19.4. The normalized spacial score (nSPS) is 16.0. The van der Waals surface area contributed by atoms with Crippen LogP contribution >= 0.6 is 11.6 Å². The van der Waals surface area contributed by atoms with Gasteiger partial charge in [-0.2, -0.15) is 5.26 Å². The zero-order chi connectivity index (χ0) is 23.9. The van der Waals surface area contributed by atoms with Gasteiger partial charge in [-0.3, -0.25) is 10.3 Å². The number of halogens is 1. The molecule has 1 saturated heterocycles. The van der Waals surface area contributed by atoms with Crippen molar-refractivity contribution >= 4 is 35.0 Å². The third kappa shape index (κ3) is 5.45. The highest BCUT2D eigenvalue weighted by molar-refractivity contribution is 6.30. The first-order valence-corrected chi connectivity index (χ1v) is 11.2. The molecule has 3 aromatic rings. The van der Waals surface area contributed by atoms with Crippen molar-refractivity contribution in [1.29, 1.82) is 5.26 Å². The molecule has 0 aliphatic carbocycles. The minimum absolute atomic E-state index is 0.214. The van der Waals surface area contributed by atoms with Gasteiger partial charge in [-0.15, -0.1) is 0 Å². The fourth-order valence-electron chi connectivity index (χ4n) is 3.85. The number of guanidine groups is 1. The van der Waals surface area contributed by atoms with Crippen LogP contribution in [-0.4, -0.2) is 46.4 Å². The molecule has 0 saturated carbocycles. The summed E-state index contributed by atoms with van der Waals surface area (Å²) >= 11 is 5.96. The van der Waals surface area contributed by atoms with Crippen molar-refractivity contribution in [1.82, 2.24) is 20.1 Å². The van der Waals surface area contributed by atoms with Crippen LogP contribution in [0.15, 0.2) is 78.0 Å². The van der Waals surface area contributed by atoms with Crippen LogP contribution in [0.2, 0.25) is 5.02 Å². The van der Waals surface area contributed by atoms with E-state index < -0.39 is 0 Å². The molecule has 2 aromatic carbocycles. The number of aromatic nitrogens is 1. The van der Waals surface area contributed by atoms with E-state index in [-0.39, 0.29) is 12.1 Å². The molecule has 9 heteroatoms. The number of piperazine rings is 1. The Morgan fingerprint density at radius 1 is 1.12 bits per heavy atom. The number of urea groups is 1. The van der Waals surface area contributed by atoms with E-state index in [1.165, 1.54) is 0 Å². The molecule has 1 aliphatic heterocycles. The minimum atomic E-state index is -0.272. The Labute approximate surface area is 203 Å². The molecule has 2 heterocycles. The number of hydrogen-bond acceptors (Lipinski definition) is 4. The number of aliphatic imine (C=N–C) groups is 1. The number of rotatable bonds is 3. The number of benzene rings is 2. The van der Waals surface area contributed by atoms with Gasteiger partial charge in [0, 0.05) is 42.7 Å². The van der Waals surface area contributed by atoms with E-state index in [4.69, 9.17) is 16.6 Å². The summed E-state index contributed by atoms with van der Waals surface area (Å²) in [7, 11) is 0. The van der Waals surface area contributed by atoms with Crippen LogP contribution in [0, 0.1) is 18.4 Å². The van der Waals surface area contributed by atoms with Crippen molar-refractivity contribution in [2.75, 3.05) is 25.0 Å². The number of para-hydroxylation sites is 1. The molecule has 8 nitrogen and oxygen atoms in total. The number of nitriles is 1. The van der Waals surface area contributed by atoms with E-state index in [0.29, 0.717) is 36.3 Å². The lowest BCUT2D eigenvalue weighted by Crippen LogP contribution is -2.55. The van der Waals surface area contributed by atoms with Crippen molar-refractivity contribution in [3.05, 3.63) is 89.2 Å². The molecule has 0 radical (unpaired) electrons. The Kier molecular flexibility index (Phi) is 7.25. The lowest BCUT2D eigenvalue weighted by molar-refractivity contribution is 0.135. The predicted octanol–water partition coefficient (Wildman–Crippen LogP) is 4.69. The van der Waals surface area contributed by atoms with Crippen LogP contribution in [0.5, 0.6) is 0 Å². The highest BCUT2D eigenvalue weighted by Gasteiger charge is 2.33. The topological polar surface area (TPSA) is 96.7 Å². The quantitative estimate of drug-likeness (QED) is 0.249. The van der Waals surface area contributed by atoms with Crippen molar-refractivity contribution in [3.63, 3.8) is 0 Å². The van der Waals surface area contributed by atoms with Crippen molar-refractivity contribution < 1.29 is 4.79 Å². The van der Waals surface area contributed by atoms with Gasteiger partial charge >= 0.3 is 6.03 Å². The Balaban J connectivity index is 1.60. The van der Waals surface area contributed by atoms with Crippen LogP contribution in [0.25, 0.3) is 0 Å². The molecule has 1 unspecified atom stereocenters. The lowest BCUT2D eigenvalue weighted by Gasteiger charge is -2.42. The lowest BCUT2D eigenvalue weighted by atomic mass is 10.0. The number of hydrogen-bond donors (Lipinski definition) is 2. The molecule has 1 fully saturated rings. The molecule has 1 atom stereocenters. The van der Waals surface area contributed by atoms with Gasteiger partial charge in [0.2, 0.25) is 5.96 Å². The first-order valence-electron chi connectivity index (χ1n) is 10.8. The van der Waals surface area contributed by atoms with Gasteiger partial charge in [0.25, 0.3) is 0 Å². The number of pyridine rings is 1. The molecule has 34 heavy (non-hydrogen) atoms. The third-order valence-corrected chi connectivity index (χ3v) is 5.89. The Morgan fingerprint density at radius 3 is 2.56 bits per heavy atom. The molecule has 0 bridgehead atoms. The van der Waals surface area contributed by atoms with E-state index in [9.17, 15) is 10.1 Å². The van der Waals surface area contributed by atoms with Gasteiger partial charge in [0.1, 0.15) is 0 Å². The maximum absolute atomic E-state index is 13.2. The fraction of sp³-hybridized carbons (Fsp3) is 0.200. The Bertz CT molecular complexity index is 1210. The highest BCUT2D eigenvalue weighted by atomic mass is 35.5. The molecule has 2 N–H and O–H groups in total. The highest BCUT2D eigenvalue weighted by Crippen LogP contribution is 2.27. The smallest absolute Gasteiger partial charge is 0.322 e. The standard InChI is InChI=1S/C25H24ClN7O/c1-18-4-2-3-5-22(18)31-24(29-17-27)32-14-15-33(23(16-32)19-10-12-28-13-11-19)25(34)30-21-8-6-20(26)7-9-21/h2-13,23H,14-16H2,1H3,(H,29,31)(H,30,34). The van der Waals surface area contributed by atoms with Crippen molar-refractivity contribution in [2.45, 2.75) is 13.0 Å².